The van der Waals surface area contributed by atoms with Crippen LogP contribution in [-0.4, -0.2) is 22.5 Å². The van der Waals surface area contributed by atoms with Crippen molar-refractivity contribution in [1.82, 2.24) is 9.88 Å². The van der Waals surface area contributed by atoms with Crippen LogP contribution in [0.25, 0.3) is 0 Å². The van der Waals surface area contributed by atoms with Crippen molar-refractivity contribution in [2.24, 2.45) is 0 Å². The number of benzene rings is 1. The number of likely N-dealkylation sites (tertiary alicyclic amines) is 1. The Morgan fingerprint density at radius 1 is 1.21 bits per heavy atom. The Hall–Kier alpha value is -2.23. The molecule has 1 atom stereocenters. The Bertz CT molecular complexity index is 537. The van der Waals surface area contributed by atoms with E-state index in [4.69, 9.17) is 4.74 Å². The number of H-pyrrole nitrogens is 1. The van der Waals surface area contributed by atoms with Crippen molar-refractivity contribution in [1.29, 1.82) is 0 Å². The topological polar surface area (TPSA) is 45.3 Å². The smallest absolute Gasteiger partial charge is 0.410 e. The maximum Gasteiger partial charge on any atom is 0.415 e. The second-order valence-electron chi connectivity index (χ2n) is 4.66. The molecule has 4 heteroatoms. The van der Waals surface area contributed by atoms with Crippen LogP contribution in [-0.2, 0) is 0 Å². The molecule has 0 spiro atoms. The van der Waals surface area contributed by atoms with Crippen LogP contribution in [0.4, 0.5) is 4.79 Å². The fourth-order valence-electron chi connectivity index (χ4n) is 2.51. The summed E-state index contributed by atoms with van der Waals surface area (Å²) in [5.74, 6) is 0.588. The average molecular weight is 256 g/mol. The number of hydrogen-bond acceptors (Lipinski definition) is 2. The van der Waals surface area contributed by atoms with Gasteiger partial charge in [-0.2, -0.15) is 0 Å². The zero-order valence-electron chi connectivity index (χ0n) is 10.6. The van der Waals surface area contributed by atoms with Crippen molar-refractivity contribution in [3.63, 3.8) is 0 Å². The number of para-hydroxylation sites is 1. The molecule has 1 amide bonds. The molecule has 1 aliphatic rings. The van der Waals surface area contributed by atoms with Crippen LogP contribution in [0.2, 0.25) is 0 Å². The van der Waals surface area contributed by atoms with E-state index in [0.717, 1.165) is 25.1 Å². The first-order valence-electron chi connectivity index (χ1n) is 6.51. The van der Waals surface area contributed by atoms with Gasteiger partial charge in [-0.25, -0.2) is 4.79 Å². The summed E-state index contributed by atoms with van der Waals surface area (Å²) in [4.78, 5) is 17.2. The highest BCUT2D eigenvalue weighted by Crippen LogP contribution is 2.31. The summed E-state index contributed by atoms with van der Waals surface area (Å²) in [5, 5.41) is 0. The van der Waals surface area contributed by atoms with Gasteiger partial charge in [0.15, 0.2) is 0 Å². The summed E-state index contributed by atoms with van der Waals surface area (Å²) in [7, 11) is 0. The van der Waals surface area contributed by atoms with Crippen LogP contribution in [0.15, 0.2) is 48.7 Å². The number of aromatic amines is 1. The van der Waals surface area contributed by atoms with E-state index in [0.29, 0.717) is 5.75 Å². The van der Waals surface area contributed by atoms with E-state index in [1.54, 1.807) is 17.0 Å². The van der Waals surface area contributed by atoms with E-state index in [2.05, 4.69) is 4.98 Å². The molecule has 2 heterocycles. The number of nitrogens with one attached hydrogen (secondary N) is 1. The molecule has 98 valence electrons. The minimum atomic E-state index is -0.275. The molecular weight excluding hydrogens is 240 g/mol. The van der Waals surface area contributed by atoms with Crippen molar-refractivity contribution in [2.45, 2.75) is 18.9 Å². The molecule has 4 nitrogen and oxygen atoms in total. The van der Waals surface area contributed by atoms with Gasteiger partial charge in [0, 0.05) is 18.4 Å². The first kappa shape index (κ1) is 11.8. The van der Waals surface area contributed by atoms with Gasteiger partial charge in [-0.3, -0.25) is 4.90 Å². The highest BCUT2D eigenvalue weighted by atomic mass is 16.6. The van der Waals surface area contributed by atoms with Crippen molar-refractivity contribution in [3.8, 4) is 5.75 Å². The summed E-state index contributed by atoms with van der Waals surface area (Å²) < 4.78 is 5.40. The summed E-state index contributed by atoms with van der Waals surface area (Å²) in [6.07, 6.45) is 3.59. The summed E-state index contributed by atoms with van der Waals surface area (Å²) in [6.45, 7) is 0.745. The van der Waals surface area contributed by atoms with Crippen LogP contribution >= 0.6 is 0 Å². The minimum Gasteiger partial charge on any atom is -0.410 e. The quantitative estimate of drug-likeness (QED) is 0.895. The lowest BCUT2D eigenvalue weighted by Gasteiger charge is -2.23. The molecule has 1 N–H and O–H groups in total. The highest BCUT2D eigenvalue weighted by Gasteiger charge is 2.31. The van der Waals surface area contributed by atoms with Gasteiger partial charge in [0.2, 0.25) is 0 Å². The van der Waals surface area contributed by atoms with Crippen molar-refractivity contribution in [3.05, 3.63) is 54.4 Å². The Kier molecular flexibility index (Phi) is 3.23. The zero-order chi connectivity index (χ0) is 13.1. The number of carbonyl (C=O) groups is 1. The number of nitrogens with zero attached hydrogens (tertiary/aromatic N) is 1. The molecule has 19 heavy (non-hydrogen) atoms. The van der Waals surface area contributed by atoms with E-state index in [1.807, 2.05) is 36.5 Å². The molecule has 0 radical (unpaired) electrons. The van der Waals surface area contributed by atoms with Gasteiger partial charge in [-0.1, -0.05) is 18.2 Å². The van der Waals surface area contributed by atoms with Crippen molar-refractivity contribution in [2.75, 3.05) is 6.54 Å². The molecule has 1 aliphatic heterocycles. The molecule has 1 aromatic heterocycles. The lowest BCUT2D eigenvalue weighted by molar-refractivity contribution is 0.146. The third-order valence-electron chi connectivity index (χ3n) is 3.42. The first-order chi connectivity index (χ1) is 9.34. The van der Waals surface area contributed by atoms with Gasteiger partial charge in [0.1, 0.15) is 5.75 Å². The molecule has 2 aromatic rings. The fraction of sp³-hybridized carbons (Fsp3) is 0.267. The van der Waals surface area contributed by atoms with Crippen molar-refractivity contribution < 1.29 is 9.53 Å². The predicted molar refractivity (Wildman–Crippen MR) is 71.9 cm³/mol. The third-order valence-corrected chi connectivity index (χ3v) is 3.42. The van der Waals surface area contributed by atoms with Crippen LogP contribution in [0, 0.1) is 0 Å². The number of ether oxygens (including phenoxy) is 1. The monoisotopic (exact) mass is 256 g/mol. The van der Waals surface area contributed by atoms with Crippen LogP contribution in [0.1, 0.15) is 24.6 Å². The molecule has 3 rings (SSSR count). The Balaban J connectivity index is 1.72. The first-order valence-corrected chi connectivity index (χ1v) is 6.51. The summed E-state index contributed by atoms with van der Waals surface area (Å²) in [6, 6.07) is 13.3. The molecule has 0 aliphatic carbocycles. The lowest BCUT2D eigenvalue weighted by Crippen LogP contribution is -2.33. The van der Waals surface area contributed by atoms with Gasteiger partial charge in [0.25, 0.3) is 0 Å². The Morgan fingerprint density at radius 3 is 2.79 bits per heavy atom. The number of hydrogen-bond donors (Lipinski definition) is 1. The van der Waals surface area contributed by atoms with E-state index in [-0.39, 0.29) is 12.1 Å². The summed E-state index contributed by atoms with van der Waals surface area (Å²) >= 11 is 0. The molecule has 1 unspecified atom stereocenters. The Labute approximate surface area is 112 Å². The van der Waals surface area contributed by atoms with Gasteiger partial charge in [0.05, 0.1) is 6.04 Å². The van der Waals surface area contributed by atoms with Gasteiger partial charge in [-0.05, 0) is 37.1 Å². The normalized spacial score (nSPS) is 18.5. The van der Waals surface area contributed by atoms with Crippen LogP contribution < -0.4 is 4.74 Å². The minimum absolute atomic E-state index is 0.103. The molecule has 1 aromatic carbocycles. The van der Waals surface area contributed by atoms with Gasteiger partial charge >= 0.3 is 6.09 Å². The van der Waals surface area contributed by atoms with Gasteiger partial charge in [-0.15, -0.1) is 0 Å². The number of amides is 1. The summed E-state index contributed by atoms with van der Waals surface area (Å²) in [5.41, 5.74) is 1.07. The number of aromatic nitrogens is 1. The SMILES string of the molecule is O=C(Oc1ccccc1)N1CCCC1c1ccc[nH]1. The van der Waals surface area contributed by atoms with Gasteiger partial charge < -0.3 is 9.72 Å². The number of carbonyl (C=O) groups excluding carboxylic acids is 1. The fourth-order valence-corrected chi connectivity index (χ4v) is 2.51. The molecular formula is C15H16N2O2. The van der Waals surface area contributed by atoms with Crippen molar-refractivity contribution >= 4 is 6.09 Å². The van der Waals surface area contributed by atoms with E-state index >= 15 is 0 Å². The lowest BCUT2D eigenvalue weighted by atomic mass is 10.1. The third kappa shape index (κ3) is 2.47. The van der Waals surface area contributed by atoms with Crippen LogP contribution in [0.3, 0.4) is 0 Å². The van der Waals surface area contributed by atoms with E-state index in [1.165, 1.54) is 0 Å². The Morgan fingerprint density at radius 2 is 2.05 bits per heavy atom. The molecule has 1 fully saturated rings. The standard InChI is InChI=1S/C15H16N2O2/c18-15(19-12-6-2-1-3-7-12)17-11-5-9-14(17)13-8-4-10-16-13/h1-4,6-8,10,14,16H,5,9,11H2. The second kappa shape index (κ2) is 5.18. The largest absolute Gasteiger partial charge is 0.415 e. The van der Waals surface area contributed by atoms with E-state index in [9.17, 15) is 4.79 Å². The molecule has 0 saturated carbocycles. The second-order valence-corrected chi connectivity index (χ2v) is 4.66. The molecule has 1 saturated heterocycles. The van der Waals surface area contributed by atoms with Crippen LogP contribution in [0.5, 0.6) is 5.75 Å². The average Bonchev–Trinajstić information content (AvgIpc) is 3.10. The highest BCUT2D eigenvalue weighted by molar-refractivity contribution is 5.71. The molecule has 0 bridgehead atoms. The predicted octanol–water partition coefficient (Wildman–Crippen LogP) is 3.35. The maximum absolute atomic E-state index is 12.2. The van der Waals surface area contributed by atoms with E-state index < -0.39 is 0 Å². The maximum atomic E-state index is 12.2. The zero-order valence-corrected chi connectivity index (χ0v) is 10.6. The number of rotatable bonds is 2.